The van der Waals surface area contributed by atoms with Gasteiger partial charge in [0.05, 0.1) is 12.1 Å². The molecule has 3 amide bonds. The fourth-order valence-corrected chi connectivity index (χ4v) is 2.68. The molecule has 2 rings (SSSR count). The number of primary amides is 1. The number of aromatic nitrogens is 1. The van der Waals surface area contributed by atoms with E-state index in [2.05, 4.69) is 15.6 Å². The molecular formula is C17H20N4O3S. The Morgan fingerprint density at radius 3 is 2.16 bits per heavy atom. The van der Waals surface area contributed by atoms with Crippen molar-refractivity contribution >= 4 is 34.2 Å². The van der Waals surface area contributed by atoms with Crippen molar-refractivity contribution in [3.63, 3.8) is 0 Å². The summed E-state index contributed by atoms with van der Waals surface area (Å²) >= 11 is 1.21. The van der Waals surface area contributed by atoms with Gasteiger partial charge in [-0.05, 0) is 45.0 Å². The maximum Gasteiger partial charge on any atom is 0.257 e. The molecule has 7 nitrogen and oxygen atoms in total. The zero-order valence-electron chi connectivity index (χ0n) is 14.3. The molecule has 25 heavy (non-hydrogen) atoms. The van der Waals surface area contributed by atoms with Gasteiger partial charge in [-0.25, -0.2) is 4.98 Å². The van der Waals surface area contributed by atoms with Crippen molar-refractivity contribution in [3.05, 3.63) is 46.5 Å². The van der Waals surface area contributed by atoms with Crippen LogP contribution in [0.5, 0.6) is 0 Å². The molecule has 1 aromatic carbocycles. The number of hydrogen-bond donors (Lipinski definition) is 3. The van der Waals surface area contributed by atoms with Gasteiger partial charge in [-0.15, -0.1) is 11.3 Å². The van der Waals surface area contributed by atoms with Crippen LogP contribution in [0.3, 0.4) is 0 Å². The fraction of sp³-hybridized carbons (Fsp3) is 0.294. The van der Waals surface area contributed by atoms with Crippen LogP contribution in [0.4, 0.5) is 5.13 Å². The molecule has 1 heterocycles. The minimum Gasteiger partial charge on any atom is -0.369 e. The Hall–Kier alpha value is -2.74. The maximum atomic E-state index is 12.2. The smallest absolute Gasteiger partial charge is 0.257 e. The van der Waals surface area contributed by atoms with E-state index in [9.17, 15) is 14.4 Å². The van der Waals surface area contributed by atoms with Crippen molar-refractivity contribution in [3.8, 4) is 0 Å². The highest BCUT2D eigenvalue weighted by atomic mass is 32.1. The third kappa shape index (κ3) is 5.68. The lowest BCUT2D eigenvalue weighted by Crippen LogP contribution is -2.40. The number of hydrogen-bond acceptors (Lipinski definition) is 5. The Labute approximate surface area is 149 Å². The van der Waals surface area contributed by atoms with Crippen molar-refractivity contribution < 1.29 is 14.4 Å². The first-order valence-corrected chi connectivity index (χ1v) is 8.48. The van der Waals surface area contributed by atoms with Crippen LogP contribution in [0.15, 0.2) is 29.6 Å². The summed E-state index contributed by atoms with van der Waals surface area (Å²) in [5.41, 5.74) is 6.17. The van der Waals surface area contributed by atoms with Crippen LogP contribution in [-0.2, 0) is 11.2 Å². The van der Waals surface area contributed by atoms with Crippen molar-refractivity contribution in [1.29, 1.82) is 0 Å². The molecule has 1 aromatic heterocycles. The molecule has 132 valence electrons. The molecule has 0 radical (unpaired) electrons. The van der Waals surface area contributed by atoms with E-state index in [1.807, 2.05) is 20.8 Å². The predicted molar refractivity (Wildman–Crippen MR) is 96.6 cm³/mol. The first-order chi connectivity index (χ1) is 11.6. The second kappa shape index (κ2) is 7.43. The number of rotatable bonds is 5. The summed E-state index contributed by atoms with van der Waals surface area (Å²) in [4.78, 5) is 39.3. The number of anilines is 1. The zero-order valence-corrected chi connectivity index (χ0v) is 15.1. The SMILES string of the molecule is CC(C)(C)NC(=O)c1ccc(C(=O)Nc2nc(CC(N)=O)cs2)cc1. The molecule has 0 saturated heterocycles. The van der Waals surface area contributed by atoms with Crippen LogP contribution in [0.25, 0.3) is 0 Å². The average Bonchev–Trinajstić information content (AvgIpc) is 2.91. The van der Waals surface area contributed by atoms with Gasteiger partial charge in [0, 0.05) is 22.0 Å². The first-order valence-electron chi connectivity index (χ1n) is 7.61. The van der Waals surface area contributed by atoms with E-state index in [1.54, 1.807) is 29.6 Å². The second-order valence-corrected chi connectivity index (χ2v) is 7.38. The molecule has 0 unspecified atom stereocenters. The van der Waals surface area contributed by atoms with E-state index in [1.165, 1.54) is 11.3 Å². The number of benzene rings is 1. The molecule has 0 saturated carbocycles. The average molecular weight is 360 g/mol. The number of nitrogens with two attached hydrogens (primary N) is 1. The summed E-state index contributed by atoms with van der Waals surface area (Å²) in [5.74, 6) is -1.02. The minimum absolute atomic E-state index is 0.0317. The number of nitrogens with one attached hydrogen (secondary N) is 2. The molecule has 8 heteroatoms. The molecule has 0 fully saturated rings. The Morgan fingerprint density at radius 1 is 1.08 bits per heavy atom. The number of carbonyl (C=O) groups is 3. The molecule has 0 aliphatic carbocycles. The van der Waals surface area contributed by atoms with Gasteiger partial charge in [0.2, 0.25) is 5.91 Å². The zero-order chi connectivity index (χ0) is 18.6. The van der Waals surface area contributed by atoms with Gasteiger partial charge in [-0.1, -0.05) is 0 Å². The van der Waals surface area contributed by atoms with Crippen LogP contribution in [-0.4, -0.2) is 28.2 Å². The summed E-state index contributed by atoms with van der Waals surface area (Å²) in [7, 11) is 0. The summed E-state index contributed by atoms with van der Waals surface area (Å²) in [6.45, 7) is 5.69. The number of thiazole rings is 1. The molecular weight excluding hydrogens is 340 g/mol. The summed E-state index contributed by atoms with van der Waals surface area (Å²) < 4.78 is 0. The van der Waals surface area contributed by atoms with Crippen LogP contribution in [0, 0.1) is 0 Å². The Morgan fingerprint density at radius 2 is 1.64 bits per heavy atom. The molecule has 0 bridgehead atoms. The molecule has 4 N–H and O–H groups in total. The lowest BCUT2D eigenvalue weighted by Gasteiger charge is -2.20. The van der Waals surface area contributed by atoms with E-state index in [-0.39, 0.29) is 23.8 Å². The lowest BCUT2D eigenvalue weighted by atomic mass is 10.1. The van der Waals surface area contributed by atoms with E-state index >= 15 is 0 Å². The quantitative estimate of drug-likeness (QED) is 0.756. The topological polar surface area (TPSA) is 114 Å². The predicted octanol–water partition coefficient (Wildman–Crippen LogP) is 1.95. The number of amides is 3. The van der Waals surface area contributed by atoms with Crippen molar-refractivity contribution in [2.45, 2.75) is 32.7 Å². The van der Waals surface area contributed by atoms with Gasteiger partial charge in [0.15, 0.2) is 5.13 Å². The standard InChI is InChI=1S/C17H20N4O3S/c1-17(2,3)21-15(24)11-6-4-10(5-7-11)14(23)20-16-19-12(9-25-16)8-13(18)22/h4-7,9H,8H2,1-3H3,(H2,18,22)(H,21,24)(H,19,20,23). The van der Waals surface area contributed by atoms with Crippen molar-refractivity contribution in [2.24, 2.45) is 5.73 Å². The van der Waals surface area contributed by atoms with Gasteiger partial charge in [0.1, 0.15) is 0 Å². The lowest BCUT2D eigenvalue weighted by molar-refractivity contribution is -0.117. The van der Waals surface area contributed by atoms with Crippen LogP contribution >= 0.6 is 11.3 Å². The Kier molecular flexibility index (Phi) is 5.53. The number of nitrogens with zero attached hydrogens (tertiary/aromatic N) is 1. The van der Waals surface area contributed by atoms with Gasteiger partial charge in [-0.2, -0.15) is 0 Å². The van der Waals surface area contributed by atoms with Crippen molar-refractivity contribution in [2.75, 3.05) is 5.32 Å². The van der Waals surface area contributed by atoms with E-state index in [4.69, 9.17) is 5.73 Å². The molecule has 0 aliphatic heterocycles. The third-order valence-corrected chi connectivity index (χ3v) is 3.83. The normalized spacial score (nSPS) is 11.0. The monoisotopic (exact) mass is 360 g/mol. The van der Waals surface area contributed by atoms with Crippen molar-refractivity contribution in [1.82, 2.24) is 10.3 Å². The van der Waals surface area contributed by atoms with Gasteiger partial charge < -0.3 is 11.1 Å². The molecule has 0 spiro atoms. The number of carbonyl (C=O) groups excluding carboxylic acids is 3. The third-order valence-electron chi connectivity index (χ3n) is 3.03. The first kappa shape index (κ1) is 18.6. The fourth-order valence-electron chi connectivity index (χ4n) is 1.98. The summed E-state index contributed by atoms with van der Waals surface area (Å²) in [6, 6.07) is 6.34. The Balaban J connectivity index is 2.01. The maximum absolute atomic E-state index is 12.2. The highest BCUT2D eigenvalue weighted by molar-refractivity contribution is 7.14. The van der Waals surface area contributed by atoms with Crippen LogP contribution in [0.2, 0.25) is 0 Å². The second-order valence-electron chi connectivity index (χ2n) is 6.52. The van der Waals surface area contributed by atoms with Gasteiger partial charge in [0.25, 0.3) is 11.8 Å². The van der Waals surface area contributed by atoms with Crippen LogP contribution < -0.4 is 16.4 Å². The summed E-state index contributed by atoms with van der Waals surface area (Å²) in [5, 5.41) is 7.56. The van der Waals surface area contributed by atoms with Gasteiger partial charge >= 0.3 is 0 Å². The largest absolute Gasteiger partial charge is 0.369 e. The summed E-state index contributed by atoms with van der Waals surface area (Å²) in [6.07, 6.45) is 0.0317. The highest BCUT2D eigenvalue weighted by Crippen LogP contribution is 2.17. The Bertz CT molecular complexity index is 791. The van der Waals surface area contributed by atoms with Crippen LogP contribution in [0.1, 0.15) is 47.2 Å². The van der Waals surface area contributed by atoms with E-state index < -0.39 is 5.91 Å². The van der Waals surface area contributed by atoms with Gasteiger partial charge in [-0.3, -0.25) is 19.7 Å². The molecule has 0 atom stereocenters. The minimum atomic E-state index is -0.479. The molecule has 0 aliphatic rings. The molecule has 2 aromatic rings. The van der Waals surface area contributed by atoms with E-state index in [0.29, 0.717) is 22.0 Å². The highest BCUT2D eigenvalue weighted by Gasteiger charge is 2.16. The van der Waals surface area contributed by atoms with E-state index in [0.717, 1.165) is 0 Å².